The van der Waals surface area contributed by atoms with Crippen molar-refractivity contribution in [2.75, 3.05) is 13.7 Å². The number of fused-ring (bicyclic) bond motifs is 1. The second-order valence-electron chi connectivity index (χ2n) is 6.06. The van der Waals surface area contributed by atoms with E-state index in [2.05, 4.69) is 0 Å². The van der Waals surface area contributed by atoms with Crippen LogP contribution in [0.2, 0.25) is 5.02 Å². The third-order valence-corrected chi connectivity index (χ3v) is 4.59. The first kappa shape index (κ1) is 17.3. The summed E-state index contributed by atoms with van der Waals surface area (Å²) in [6, 6.07) is 15.5. The van der Waals surface area contributed by atoms with E-state index in [1.807, 2.05) is 62.5 Å². The summed E-state index contributed by atoms with van der Waals surface area (Å²) in [6.45, 7) is 2.46. The summed E-state index contributed by atoms with van der Waals surface area (Å²) in [4.78, 5) is 14.2. The van der Waals surface area contributed by atoms with Crippen LogP contribution in [0.25, 0.3) is 6.08 Å². The fourth-order valence-corrected chi connectivity index (χ4v) is 2.88. The lowest BCUT2D eigenvalue weighted by molar-refractivity contribution is -0.126. The average molecular weight is 354 g/mol. The summed E-state index contributed by atoms with van der Waals surface area (Å²) in [7, 11) is 1.81. The highest BCUT2D eigenvalue weighted by Gasteiger charge is 2.15. The number of likely N-dealkylation sites (N-methyl/N-ethyl adjacent to an activating group) is 1. The van der Waals surface area contributed by atoms with Gasteiger partial charge < -0.3 is 9.64 Å². The fraction of sp³-hybridized carbons (Fsp3) is 0.190. The second kappa shape index (κ2) is 7.58. The first-order valence-corrected chi connectivity index (χ1v) is 8.55. The van der Waals surface area contributed by atoms with Crippen molar-refractivity contribution in [3.8, 4) is 5.75 Å². The molecule has 0 N–H and O–H groups in total. The van der Waals surface area contributed by atoms with Crippen LogP contribution in [0.15, 0.2) is 66.3 Å². The number of carbonyl (C=O) groups excluding carboxylic acids is 1. The van der Waals surface area contributed by atoms with Crippen molar-refractivity contribution >= 4 is 23.6 Å². The quantitative estimate of drug-likeness (QED) is 0.732. The Balaban J connectivity index is 1.70. The Hall–Kier alpha value is -2.52. The van der Waals surface area contributed by atoms with Gasteiger partial charge in [-0.25, -0.2) is 0 Å². The Morgan fingerprint density at radius 1 is 1.24 bits per heavy atom. The van der Waals surface area contributed by atoms with Crippen LogP contribution in [0, 0.1) is 0 Å². The Labute approximate surface area is 153 Å². The third kappa shape index (κ3) is 4.12. The molecule has 0 aromatic heterocycles. The number of amides is 1. The molecule has 0 saturated carbocycles. The van der Waals surface area contributed by atoms with Gasteiger partial charge in [0.1, 0.15) is 12.4 Å². The second-order valence-corrected chi connectivity index (χ2v) is 6.50. The normalized spacial score (nSPS) is 14.4. The van der Waals surface area contributed by atoms with E-state index in [9.17, 15) is 4.79 Å². The molecule has 2 aromatic rings. The molecule has 0 fully saturated rings. The zero-order chi connectivity index (χ0) is 17.8. The van der Waals surface area contributed by atoms with E-state index in [1.165, 1.54) is 0 Å². The molecule has 0 aliphatic carbocycles. The molecular formula is C21H20ClNO2. The van der Waals surface area contributed by atoms with E-state index in [1.54, 1.807) is 23.1 Å². The van der Waals surface area contributed by atoms with Gasteiger partial charge in [0, 0.05) is 23.7 Å². The molecule has 3 rings (SSSR count). The van der Waals surface area contributed by atoms with Crippen molar-refractivity contribution in [3.05, 3.63) is 82.4 Å². The minimum atomic E-state index is -0.0471. The molecule has 25 heavy (non-hydrogen) atoms. The maximum Gasteiger partial charge on any atom is 0.246 e. The number of halogens is 1. The summed E-state index contributed by atoms with van der Waals surface area (Å²) in [5, 5.41) is 0.663. The maximum absolute atomic E-state index is 12.5. The predicted molar refractivity (Wildman–Crippen MR) is 102 cm³/mol. The number of hydrogen-bond acceptors (Lipinski definition) is 2. The first-order valence-electron chi connectivity index (χ1n) is 8.17. The monoisotopic (exact) mass is 353 g/mol. The highest BCUT2D eigenvalue weighted by Crippen LogP contribution is 2.29. The van der Waals surface area contributed by atoms with Crippen LogP contribution < -0.4 is 4.74 Å². The summed E-state index contributed by atoms with van der Waals surface area (Å²) >= 11 is 6.02. The van der Waals surface area contributed by atoms with Crippen molar-refractivity contribution in [2.45, 2.75) is 13.0 Å². The van der Waals surface area contributed by atoms with Gasteiger partial charge in [-0.15, -0.1) is 0 Å². The molecule has 0 radical (unpaired) electrons. The van der Waals surface area contributed by atoms with Gasteiger partial charge in [0.15, 0.2) is 0 Å². The molecule has 1 aliphatic heterocycles. The maximum atomic E-state index is 12.5. The Morgan fingerprint density at radius 2 is 2.00 bits per heavy atom. The van der Waals surface area contributed by atoms with E-state index in [4.69, 9.17) is 16.3 Å². The molecule has 2 aromatic carbocycles. The van der Waals surface area contributed by atoms with Crippen molar-refractivity contribution in [2.24, 2.45) is 0 Å². The molecule has 0 bridgehead atoms. The minimum Gasteiger partial charge on any atom is -0.488 e. The van der Waals surface area contributed by atoms with Gasteiger partial charge in [-0.1, -0.05) is 48.0 Å². The van der Waals surface area contributed by atoms with Gasteiger partial charge >= 0.3 is 0 Å². The van der Waals surface area contributed by atoms with Gasteiger partial charge in [0.2, 0.25) is 5.91 Å². The van der Waals surface area contributed by atoms with E-state index < -0.39 is 0 Å². The van der Waals surface area contributed by atoms with Gasteiger partial charge in [-0.05, 0) is 42.3 Å². The average Bonchev–Trinajstić information content (AvgIpc) is 2.65. The number of ether oxygens (including phenoxy) is 1. The number of benzene rings is 2. The van der Waals surface area contributed by atoms with Gasteiger partial charge in [0.05, 0.1) is 6.04 Å². The number of nitrogens with zero attached hydrogens (tertiary/aromatic N) is 1. The molecule has 0 spiro atoms. The van der Waals surface area contributed by atoms with Crippen molar-refractivity contribution in [1.29, 1.82) is 0 Å². The highest BCUT2D eigenvalue weighted by atomic mass is 35.5. The van der Waals surface area contributed by atoms with Crippen molar-refractivity contribution < 1.29 is 9.53 Å². The van der Waals surface area contributed by atoms with Crippen LogP contribution in [0.5, 0.6) is 5.75 Å². The molecule has 0 unspecified atom stereocenters. The lowest BCUT2D eigenvalue weighted by Gasteiger charge is -2.24. The molecule has 1 heterocycles. The van der Waals surface area contributed by atoms with Crippen LogP contribution in [-0.2, 0) is 4.79 Å². The van der Waals surface area contributed by atoms with Crippen molar-refractivity contribution in [1.82, 2.24) is 4.90 Å². The zero-order valence-electron chi connectivity index (χ0n) is 14.3. The van der Waals surface area contributed by atoms with Crippen LogP contribution in [0.1, 0.15) is 24.1 Å². The SMILES string of the molecule is C[C@H](c1ccccc1)N(C)C(=O)/C=C/C1=Cc2cc(Cl)ccc2OC1. The minimum absolute atomic E-state index is 0.00877. The van der Waals surface area contributed by atoms with Gasteiger partial charge in [-0.3, -0.25) is 4.79 Å². The molecule has 4 heteroatoms. The van der Waals surface area contributed by atoms with Gasteiger partial charge in [0.25, 0.3) is 0 Å². The summed E-state index contributed by atoms with van der Waals surface area (Å²) in [5.74, 6) is 0.761. The number of rotatable bonds is 4. The summed E-state index contributed by atoms with van der Waals surface area (Å²) < 4.78 is 5.70. The molecule has 1 amide bonds. The lowest BCUT2D eigenvalue weighted by atomic mass is 10.1. The first-order chi connectivity index (χ1) is 12.0. The topological polar surface area (TPSA) is 29.5 Å². The largest absolute Gasteiger partial charge is 0.488 e. The zero-order valence-corrected chi connectivity index (χ0v) is 15.0. The molecule has 3 nitrogen and oxygen atoms in total. The molecular weight excluding hydrogens is 334 g/mol. The van der Waals surface area contributed by atoms with E-state index in [0.717, 1.165) is 22.4 Å². The summed E-state index contributed by atoms with van der Waals surface area (Å²) in [6.07, 6.45) is 5.39. The van der Waals surface area contributed by atoms with Crippen LogP contribution in [0.4, 0.5) is 0 Å². The van der Waals surface area contributed by atoms with Crippen molar-refractivity contribution in [3.63, 3.8) is 0 Å². The van der Waals surface area contributed by atoms with E-state index >= 15 is 0 Å². The van der Waals surface area contributed by atoms with E-state index in [0.29, 0.717) is 11.6 Å². The highest BCUT2D eigenvalue weighted by molar-refractivity contribution is 6.30. The van der Waals surface area contributed by atoms with Gasteiger partial charge in [-0.2, -0.15) is 0 Å². The van der Waals surface area contributed by atoms with E-state index in [-0.39, 0.29) is 11.9 Å². The summed E-state index contributed by atoms with van der Waals surface area (Å²) in [5.41, 5.74) is 2.97. The Bertz CT molecular complexity index is 827. The Morgan fingerprint density at radius 3 is 2.76 bits per heavy atom. The smallest absolute Gasteiger partial charge is 0.246 e. The number of hydrogen-bond donors (Lipinski definition) is 0. The number of carbonyl (C=O) groups is 1. The standard InChI is InChI=1S/C21H20ClNO2/c1-15(17-6-4-3-5-7-17)23(2)21(24)11-8-16-12-18-13-19(22)9-10-20(18)25-14-16/h3-13,15H,14H2,1-2H3/b11-8+/t15-/m1/s1. The van der Waals surface area contributed by atoms with Crippen LogP contribution in [-0.4, -0.2) is 24.5 Å². The fourth-order valence-electron chi connectivity index (χ4n) is 2.70. The molecule has 1 aliphatic rings. The Kier molecular flexibility index (Phi) is 5.25. The molecule has 1 atom stereocenters. The molecule has 128 valence electrons. The van der Waals surface area contributed by atoms with Crippen LogP contribution >= 0.6 is 11.6 Å². The predicted octanol–water partition coefficient (Wildman–Crippen LogP) is 4.89. The van der Waals surface area contributed by atoms with Crippen LogP contribution in [0.3, 0.4) is 0 Å². The lowest BCUT2D eigenvalue weighted by Crippen LogP contribution is -2.28. The molecule has 0 saturated heterocycles. The third-order valence-electron chi connectivity index (χ3n) is 4.36.